The Morgan fingerprint density at radius 1 is 0.923 bits per heavy atom. The molecule has 6 nitrogen and oxygen atoms in total. The van der Waals surface area contributed by atoms with Gasteiger partial charge in [-0.15, -0.1) is 10.2 Å². The van der Waals surface area contributed by atoms with Gasteiger partial charge in [-0.2, -0.15) is 5.10 Å². The molecular formula is C20H24N6. The first kappa shape index (κ1) is 16.7. The Labute approximate surface area is 154 Å². The quantitative estimate of drug-likeness (QED) is 0.725. The zero-order chi connectivity index (χ0) is 17.9. The molecule has 0 amide bonds. The summed E-state index contributed by atoms with van der Waals surface area (Å²) in [6.07, 6.45) is 3.61. The third-order valence-electron chi connectivity index (χ3n) is 4.97. The van der Waals surface area contributed by atoms with Crippen LogP contribution in [0.3, 0.4) is 0 Å². The Balaban J connectivity index is 1.37. The minimum Gasteiger partial charge on any atom is -0.353 e. The van der Waals surface area contributed by atoms with Crippen molar-refractivity contribution in [3.63, 3.8) is 0 Å². The lowest BCUT2D eigenvalue weighted by molar-refractivity contribution is 0.248. The highest BCUT2D eigenvalue weighted by Crippen LogP contribution is 2.17. The molecule has 1 aliphatic rings. The standard InChI is InChI=1S/C20H24N6/c1-16-4-5-17(2)18(14-16)15-24-10-12-25(13-11-24)19-6-7-20(23-22-19)26-9-3-8-21-26/h3-9,14H,10-13,15H2,1-2H3. The second-order valence-electron chi connectivity index (χ2n) is 6.89. The third kappa shape index (κ3) is 3.60. The molecule has 0 atom stereocenters. The van der Waals surface area contributed by atoms with Crippen LogP contribution < -0.4 is 4.90 Å². The van der Waals surface area contributed by atoms with Gasteiger partial charge in [-0.05, 0) is 43.2 Å². The number of hydrogen-bond acceptors (Lipinski definition) is 5. The fourth-order valence-electron chi connectivity index (χ4n) is 3.36. The van der Waals surface area contributed by atoms with Crippen molar-refractivity contribution >= 4 is 5.82 Å². The third-order valence-corrected chi connectivity index (χ3v) is 4.97. The summed E-state index contributed by atoms with van der Waals surface area (Å²) in [5, 5.41) is 12.9. The van der Waals surface area contributed by atoms with E-state index in [0.717, 1.165) is 44.4 Å². The summed E-state index contributed by atoms with van der Waals surface area (Å²) in [6, 6.07) is 12.6. The SMILES string of the molecule is Cc1ccc(C)c(CN2CCN(c3ccc(-n4cccn4)nn3)CC2)c1. The summed E-state index contributed by atoms with van der Waals surface area (Å²) in [7, 11) is 0. The molecule has 4 rings (SSSR count). The molecule has 0 saturated carbocycles. The van der Waals surface area contributed by atoms with Crippen molar-refractivity contribution in [2.45, 2.75) is 20.4 Å². The summed E-state index contributed by atoms with van der Waals surface area (Å²) >= 11 is 0. The number of anilines is 1. The van der Waals surface area contributed by atoms with Crippen LogP contribution in [0.25, 0.3) is 5.82 Å². The van der Waals surface area contributed by atoms with Crippen LogP contribution in [0.1, 0.15) is 16.7 Å². The Hall–Kier alpha value is -2.73. The van der Waals surface area contributed by atoms with E-state index < -0.39 is 0 Å². The summed E-state index contributed by atoms with van der Waals surface area (Å²) < 4.78 is 1.72. The highest BCUT2D eigenvalue weighted by molar-refractivity contribution is 5.40. The second-order valence-corrected chi connectivity index (χ2v) is 6.89. The monoisotopic (exact) mass is 348 g/mol. The van der Waals surface area contributed by atoms with Gasteiger partial charge in [-0.25, -0.2) is 4.68 Å². The van der Waals surface area contributed by atoms with Crippen molar-refractivity contribution in [1.29, 1.82) is 0 Å². The molecular weight excluding hydrogens is 324 g/mol. The number of aromatic nitrogens is 4. The Kier molecular flexibility index (Phi) is 4.67. The van der Waals surface area contributed by atoms with E-state index in [1.807, 2.05) is 24.4 Å². The molecule has 1 aromatic carbocycles. The van der Waals surface area contributed by atoms with Gasteiger partial charge in [0.15, 0.2) is 11.6 Å². The number of aryl methyl sites for hydroxylation is 2. The normalized spacial score (nSPS) is 15.4. The van der Waals surface area contributed by atoms with Crippen molar-refractivity contribution in [3.05, 3.63) is 65.5 Å². The second kappa shape index (κ2) is 7.25. The molecule has 0 unspecified atom stereocenters. The van der Waals surface area contributed by atoms with E-state index in [1.54, 1.807) is 10.9 Å². The Morgan fingerprint density at radius 3 is 2.38 bits per heavy atom. The number of nitrogens with zero attached hydrogens (tertiary/aromatic N) is 6. The minimum atomic E-state index is 0.743. The summed E-state index contributed by atoms with van der Waals surface area (Å²) in [6.45, 7) is 9.40. The first-order chi connectivity index (χ1) is 12.7. The highest BCUT2D eigenvalue weighted by Gasteiger charge is 2.19. The largest absolute Gasteiger partial charge is 0.353 e. The molecule has 3 aromatic rings. The number of piperazine rings is 1. The molecule has 0 N–H and O–H groups in total. The minimum absolute atomic E-state index is 0.743. The van der Waals surface area contributed by atoms with Crippen molar-refractivity contribution < 1.29 is 0 Å². The smallest absolute Gasteiger partial charge is 0.175 e. The lowest BCUT2D eigenvalue weighted by Gasteiger charge is -2.35. The van der Waals surface area contributed by atoms with Crippen LogP contribution in [0, 0.1) is 13.8 Å². The molecule has 1 fully saturated rings. The fraction of sp³-hybridized carbons (Fsp3) is 0.350. The summed E-state index contributed by atoms with van der Waals surface area (Å²) in [4.78, 5) is 4.82. The van der Waals surface area contributed by atoms with Crippen molar-refractivity contribution in [3.8, 4) is 5.82 Å². The van der Waals surface area contributed by atoms with Gasteiger partial charge in [0.1, 0.15) is 0 Å². The van der Waals surface area contributed by atoms with Crippen LogP contribution in [0.4, 0.5) is 5.82 Å². The van der Waals surface area contributed by atoms with E-state index in [2.05, 4.69) is 57.1 Å². The molecule has 0 radical (unpaired) electrons. The molecule has 1 aliphatic heterocycles. The molecule has 0 aliphatic carbocycles. The molecule has 3 heterocycles. The maximum absolute atomic E-state index is 4.39. The average molecular weight is 348 g/mol. The van der Waals surface area contributed by atoms with E-state index in [9.17, 15) is 0 Å². The van der Waals surface area contributed by atoms with Gasteiger partial charge in [0, 0.05) is 45.1 Å². The summed E-state index contributed by atoms with van der Waals surface area (Å²) in [5.74, 6) is 1.68. The molecule has 0 bridgehead atoms. The van der Waals surface area contributed by atoms with Crippen LogP contribution in [0.2, 0.25) is 0 Å². The molecule has 2 aromatic heterocycles. The zero-order valence-electron chi connectivity index (χ0n) is 15.3. The van der Waals surface area contributed by atoms with Gasteiger partial charge in [-0.3, -0.25) is 4.90 Å². The van der Waals surface area contributed by atoms with E-state index in [0.29, 0.717) is 0 Å². The van der Waals surface area contributed by atoms with Crippen molar-refractivity contribution in [1.82, 2.24) is 24.9 Å². The maximum Gasteiger partial charge on any atom is 0.175 e. The zero-order valence-corrected chi connectivity index (χ0v) is 15.3. The van der Waals surface area contributed by atoms with Gasteiger partial charge >= 0.3 is 0 Å². The predicted octanol–water partition coefficient (Wildman–Crippen LogP) is 2.60. The molecule has 26 heavy (non-hydrogen) atoms. The van der Waals surface area contributed by atoms with Crippen LogP contribution in [-0.2, 0) is 6.54 Å². The average Bonchev–Trinajstić information content (AvgIpc) is 3.20. The summed E-state index contributed by atoms with van der Waals surface area (Å²) in [5.41, 5.74) is 4.14. The topological polar surface area (TPSA) is 50.1 Å². The van der Waals surface area contributed by atoms with Crippen LogP contribution in [0.15, 0.2) is 48.8 Å². The van der Waals surface area contributed by atoms with E-state index in [1.165, 1.54) is 16.7 Å². The Bertz CT molecular complexity index is 849. The molecule has 6 heteroatoms. The highest BCUT2D eigenvalue weighted by atomic mass is 15.4. The fourth-order valence-corrected chi connectivity index (χ4v) is 3.36. The van der Waals surface area contributed by atoms with Crippen LogP contribution >= 0.6 is 0 Å². The number of hydrogen-bond donors (Lipinski definition) is 0. The first-order valence-corrected chi connectivity index (χ1v) is 9.06. The van der Waals surface area contributed by atoms with Gasteiger partial charge < -0.3 is 4.90 Å². The van der Waals surface area contributed by atoms with Gasteiger partial charge in [-0.1, -0.05) is 23.8 Å². The van der Waals surface area contributed by atoms with Crippen LogP contribution in [0.5, 0.6) is 0 Å². The van der Waals surface area contributed by atoms with Gasteiger partial charge in [0.25, 0.3) is 0 Å². The molecule has 0 spiro atoms. The van der Waals surface area contributed by atoms with E-state index in [4.69, 9.17) is 0 Å². The van der Waals surface area contributed by atoms with Gasteiger partial charge in [0.2, 0.25) is 0 Å². The molecule has 134 valence electrons. The lowest BCUT2D eigenvalue weighted by atomic mass is 10.0. The van der Waals surface area contributed by atoms with Crippen molar-refractivity contribution in [2.75, 3.05) is 31.1 Å². The van der Waals surface area contributed by atoms with E-state index in [-0.39, 0.29) is 0 Å². The van der Waals surface area contributed by atoms with Crippen LogP contribution in [-0.4, -0.2) is 51.1 Å². The molecule has 1 saturated heterocycles. The van der Waals surface area contributed by atoms with Gasteiger partial charge in [0.05, 0.1) is 0 Å². The predicted molar refractivity (Wildman–Crippen MR) is 103 cm³/mol. The maximum atomic E-state index is 4.39. The Morgan fingerprint density at radius 2 is 1.69 bits per heavy atom. The first-order valence-electron chi connectivity index (χ1n) is 9.06. The lowest BCUT2D eigenvalue weighted by Crippen LogP contribution is -2.46. The number of rotatable bonds is 4. The van der Waals surface area contributed by atoms with Crippen molar-refractivity contribution in [2.24, 2.45) is 0 Å². The number of benzene rings is 1. The van der Waals surface area contributed by atoms with E-state index >= 15 is 0 Å².